The van der Waals surface area contributed by atoms with Crippen molar-refractivity contribution in [1.29, 1.82) is 0 Å². The molecule has 3 aromatic heterocycles. The van der Waals surface area contributed by atoms with Crippen LogP contribution >= 0.6 is 0 Å². The number of pyridine rings is 1. The van der Waals surface area contributed by atoms with Crippen LogP contribution in [0.5, 0.6) is 0 Å². The van der Waals surface area contributed by atoms with Crippen LogP contribution in [0.1, 0.15) is 34.5 Å². The Kier molecular flexibility index (Phi) is 4.89. The number of carbonyl (C=O) groups is 1. The molecule has 1 amide bonds. The number of nitrogens with zero attached hydrogens (tertiary/aromatic N) is 5. The highest BCUT2D eigenvalue weighted by atomic mass is 16.5. The third-order valence-corrected chi connectivity index (χ3v) is 5.74. The van der Waals surface area contributed by atoms with Gasteiger partial charge < -0.3 is 14.7 Å². The number of benzene rings is 1. The quantitative estimate of drug-likeness (QED) is 0.536. The minimum absolute atomic E-state index is 0.180. The highest BCUT2D eigenvalue weighted by Gasteiger charge is 2.21. The van der Waals surface area contributed by atoms with Gasteiger partial charge in [-0.05, 0) is 37.5 Å². The summed E-state index contributed by atoms with van der Waals surface area (Å²) in [5, 5.41) is 11.9. The number of nitrogens with one attached hydrogen (secondary N) is 1. The summed E-state index contributed by atoms with van der Waals surface area (Å²) in [5.74, 6) is -0.180. The molecule has 158 valence electrons. The molecule has 1 fully saturated rings. The summed E-state index contributed by atoms with van der Waals surface area (Å²) in [6.45, 7) is 4.38. The fourth-order valence-electron chi connectivity index (χ4n) is 4.17. The second-order valence-corrected chi connectivity index (χ2v) is 7.91. The average Bonchev–Trinajstić information content (AvgIpc) is 3.54. The van der Waals surface area contributed by atoms with E-state index in [0.29, 0.717) is 34.6 Å². The van der Waals surface area contributed by atoms with Crippen LogP contribution in [0, 0.1) is 6.92 Å². The van der Waals surface area contributed by atoms with E-state index in [0.717, 1.165) is 24.2 Å². The van der Waals surface area contributed by atoms with Crippen LogP contribution in [-0.2, 0) is 13.6 Å². The van der Waals surface area contributed by atoms with Crippen molar-refractivity contribution in [2.75, 3.05) is 18.0 Å². The molecule has 0 spiro atoms. The standard InChI is InChI=1S/C23H24N6O2/c1-15-21-18(11-19(26-23(21)31-27-15)17-13-25-28(2)14-17)22(30)24-12-16-7-3-4-8-20(16)29-9-5-6-10-29/h3-4,7-8,11,13-14H,5-6,9-10,12H2,1-2H3,(H,24,30). The summed E-state index contributed by atoms with van der Waals surface area (Å²) in [5.41, 5.74) is 5.23. The van der Waals surface area contributed by atoms with Gasteiger partial charge in [0.25, 0.3) is 11.6 Å². The lowest BCUT2D eigenvalue weighted by molar-refractivity contribution is 0.0952. The number of hydrogen-bond acceptors (Lipinski definition) is 6. The van der Waals surface area contributed by atoms with Gasteiger partial charge in [0.15, 0.2) is 0 Å². The first-order valence-corrected chi connectivity index (χ1v) is 10.5. The highest BCUT2D eigenvalue weighted by molar-refractivity contribution is 6.07. The minimum Gasteiger partial charge on any atom is -0.371 e. The number of amides is 1. The van der Waals surface area contributed by atoms with Crippen molar-refractivity contribution >= 4 is 22.7 Å². The molecular formula is C23H24N6O2. The zero-order chi connectivity index (χ0) is 21.4. The predicted molar refractivity (Wildman–Crippen MR) is 118 cm³/mol. The number of fused-ring (bicyclic) bond motifs is 1. The molecule has 0 atom stereocenters. The summed E-state index contributed by atoms with van der Waals surface area (Å²) in [6, 6.07) is 10.0. The maximum Gasteiger partial charge on any atom is 0.259 e. The van der Waals surface area contributed by atoms with Gasteiger partial charge in [0.1, 0.15) is 0 Å². The number of para-hydroxylation sites is 1. The average molecular weight is 416 g/mol. The lowest BCUT2D eigenvalue weighted by atomic mass is 10.1. The number of hydrogen-bond donors (Lipinski definition) is 1. The lowest BCUT2D eigenvalue weighted by Crippen LogP contribution is -2.26. The fourth-order valence-corrected chi connectivity index (χ4v) is 4.17. The van der Waals surface area contributed by atoms with Gasteiger partial charge in [-0.2, -0.15) is 5.10 Å². The molecule has 1 aliphatic rings. The van der Waals surface area contributed by atoms with Gasteiger partial charge in [0, 0.05) is 44.1 Å². The molecular weight excluding hydrogens is 392 g/mol. The normalized spacial score (nSPS) is 13.8. The molecule has 1 saturated heterocycles. The molecule has 8 nitrogen and oxygen atoms in total. The van der Waals surface area contributed by atoms with Gasteiger partial charge in [-0.3, -0.25) is 9.48 Å². The van der Waals surface area contributed by atoms with Crippen LogP contribution in [0.3, 0.4) is 0 Å². The zero-order valence-corrected chi connectivity index (χ0v) is 17.6. The summed E-state index contributed by atoms with van der Waals surface area (Å²) in [7, 11) is 1.84. The zero-order valence-electron chi connectivity index (χ0n) is 17.6. The highest BCUT2D eigenvalue weighted by Crippen LogP contribution is 2.28. The number of aromatic nitrogens is 4. The molecule has 5 rings (SSSR count). The van der Waals surface area contributed by atoms with Gasteiger partial charge in [-0.25, -0.2) is 4.98 Å². The Labute approximate surface area is 179 Å². The molecule has 4 heterocycles. The second-order valence-electron chi connectivity index (χ2n) is 7.91. The van der Waals surface area contributed by atoms with Crippen molar-refractivity contribution in [3.8, 4) is 11.3 Å². The molecule has 0 aliphatic carbocycles. The fraction of sp³-hybridized carbons (Fsp3) is 0.304. The molecule has 31 heavy (non-hydrogen) atoms. The van der Waals surface area contributed by atoms with Gasteiger partial charge >= 0.3 is 0 Å². The third-order valence-electron chi connectivity index (χ3n) is 5.74. The van der Waals surface area contributed by atoms with E-state index in [1.807, 2.05) is 32.3 Å². The Morgan fingerprint density at radius 3 is 2.81 bits per heavy atom. The Bertz CT molecular complexity index is 1250. The summed E-state index contributed by atoms with van der Waals surface area (Å²) < 4.78 is 7.08. The van der Waals surface area contributed by atoms with E-state index in [1.165, 1.54) is 18.5 Å². The van der Waals surface area contributed by atoms with Gasteiger partial charge in [0.05, 0.1) is 28.5 Å². The molecule has 0 radical (unpaired) electrons. The number of anilines is 1. The number of rotatable bonds is 5. The Morgan fingerprint density at radius 2 is 2.03 bits per heavy atom. The minimum atomic E-state index is -0.180. The van der Waals surface area contributed by atoms with E-state index >= 15 is 0 Å². The van der Waals surface area contributed by atoms with E-state index in [1.54, 1.807) is 16.9 Å². The SMILES string of the molecule is Cc1noc2nc(-c3cnn(C)c3)cc(C(=O)NCc3ccccc3N3CCCC3)c12. The van der Waals surface area contributed by atoms with E-state index in [9.17, 15) is 4.79 Å². The van der Waals surface area contributed by atoms with Crippen LogP contribution in [0.4, 0.5) is 5.69 Å². The van der Waals surface area contributed by atoms with Crippen molar-refractivity contribution in [2.24, 2.45) is 7.05 Å². The van der Waals surface area contributed by atoms with Crippen LogP contribution in [-0.4, -0.2) is 38.9 Å². The third kappa shape index (κ3) is 3.65. The maximum absolute atomic E-state index is 13.3. The van der Waals surface area contributed by atoms with E-state index in [2.05, 4.69) is 37.6 Å². The van der Waals surface area contributed by atoms with Crippen LogP contribution in [0.25, 0.3) is 22.4 Å². The summed E-state index contributed by atoms with van der Waals surface area (Å²) in [6.07, 6.45) is 5.98. The molecule has 0 unspecified atom stereocenters. The number of carbonyl (C=O) groups excluding carboxylic acids is 1. The molecule has 0 saturated carbocycles. The Hall–Kier alpha value is -3.68. The van der Waals surface area contributed by atoms with E-state index in [-0.39, 0.29) is 5.91 Å². The van der Waals surface area contributed by atoms with Crippen molar-refractivity contribution < 1.29 is 9.32 Å². The maximum atomic E-state index is 13.3. The monoisotopic (exact) mass is 416 g/mol. The molecule has 1 aliphatic heterocycles. The smallest absolute Gasteiger partial charge is 0.259 e. The Balaban J connectivity index is 1.46. The number of aryl methyl sites for hydroxylation is 2. The van der Waals surface area contributed by atoms with Crippen molar-refractivity contribution in [1.82, 2.24) is 25.2 Å². The first kappa shape index (κ1) is 19.3. The molecule has 8 heteroatoms. The lowest BCUT2D eigenvalue weighted by Gasteiger charge is -2.21. The molecule has 1 N–H and O–H groups in total. The van der Waals surface area contributed by atoms with Gasteiger partial charge in [-0.15, -0.1) is 0 Å². The van der Waals surface area contributed by atoms with Crippen molar-refractivity contribution in [3.05, 3.63) is 59.5 Å². The molecule has 4 aromatic rings. The summed E-state index contributed by atoms with van der Waals surface area (Å²) >= 11 is 0. The topological polar surface area (TPSA) is 89.1 Å². The van der Waals surface area contributed by atoms with E-state index < -0.39 is 0 Å². The molecule has 1 aromatic carbocycles. The first-order chi connectivity index (χ1) is 15.1. The van der Waals surface area contributed by atoms with E-state index in [4.69, 9.17) is 4.52 Å². The second kappa shape index (κ2) is 7.86. The van der Waals surface area contributed by atoms with Gasteiger partial charge in [0.2, 0.25) is 0 Å². The summed E-state index contributed by atoms with van der Waals surface area (Å²) in [4.78, 5) is 20.2. The molecule has 0 bridgehead atoms. The van der Waals surface area contributed by atoms with Crippen molar-refractivity contribution in [2.45, 2.75) is 26.3 Å². The van der Waals surface area contributed by atoms with Crippen LogP contribution in [0.2, 0.25) is 0 Å². The Morgan fingerprint density at radius 1 is 1.23 bits per heavy atom. The van der Waals surface area contributed by atoms with Gasteiger partial charge in [-0.1, -0.05) is 23.4 Å². The van der Waals surface area contributed by atoms with Crippen LogP contribution in [0.15, 0.2) is 47.2 Å². The largest absolute Gasteiger partial charge is 0.371 e. The van der Waals surface area contributed by atoms with Crippen molar-refractivity contribution in [3.63, 3.8) is 0 Å². The predicted octanol–water partition coefficient (Wildman–Crippen LogP) is 3.46. The first-order valence-electron chi connectivity index (χ1n) is 10.5. The van der Waals surface area contributed by atoms with Crippen LogP contribution < -0.4 is 10.2 Å².